The zero-order valence-electron chi connectivity index (χ0n) is 18.1. The molecule has 1 aromatic carbocycles. The molecule has 0 N–H and O–H groups in total. The molecule has 28 heavy (non-hydrogen) atoms. The Kier molecular flexibility index (Phi) is 9.55. The number of hydrogen-bond donors (Lipinski definition) is 0. The normalized spacial score (nSPS) is 17.8. The monoisotopic (exact) mass is 514 g/mol. The number of allylic oxidation sites excluding steroid dienone is 5. The molecule has 1 atom stereocenters. The summed E-state index contributed by atoms with van der Waals surface area (Å²) in [5, 5.41) is 0. The van der Waals surface area contributed by atoms with Crippen LogP contribution in [0.4, 0.5) is 0 Å². The standard InChI is InChI=1S/C13H15.C9H13.2CH3.2ClH.H4Si.Zr/c1-13(2,3)12-9-5-7-10-6-4-8-11(10)12;1-9(2,3)8-6-4-5-7-8;;;;;;/h4-9H,1-3H3;6-7H,4H2,1-3H3;2*1H3;2*1H;1H4;/q;;;;;;;+2/p-2. The molecular formula is C24H38Cl2SiZr. The van der Waals surface area contributed by atoms with E-state index in [2.05, 4.69) is 93.3 Å². The van der Waals surface area contributed by atoms with Gasteiger partial charge in [0.15, 0.2) is 0 Å². The number of rotatable bonds is 2. The van der Waals surface area contributed by atoms with Gasteiger partial charge >= 0.3 is 160 Å². The Morgan fingerprint density at radius 3 is 2.04 bits per heavy atom. The first-order valence-electron chi connectivity index (χ1n) is 9.65. The summed E-state index contributed by atoms with van der Waals surface area (Å²) < 4.78 is 7.72. The zero-order valence-corrected chi connectivity index (χ0v) is 22.1. The number of halogens is 2. The third-order valence-corrected chi connectivity index (χ3v) is 16.1. The van der Waals surface area contributed by atoms with Crippen LogP contribution in [0.25, 0.3) is 6.08 Å². The van der Waals surface area contributed by atoms with Crippen molar-refractivity contribution in [3.63, 3.8) is 0 Å². The van der Waals surface area contributed by atoms with Gasteiger partial charge in [0, 0.05) is 0 Å². The Hall–Kier alpha value is 0.120. The fourth-order valence-electron chi connectivity index (χ4n) is 4.32. The minimum Gasteiger partial charge on any atom is -1.00 e. The van der Waals surface area contributed by atoms with E-state index in [0.717, 1.165) is 0 Å². The summed E-state index contributed by atoms with van der Waals surface area (Å²) in [6.07, 6.45) is 11.2. The van der Waals surface area contributed by atoms with Crippen LogP contribution in [0.2, 0.25) is 9.26 Å². The third kappa shape index (κ3) is 5.23. The van der Waals surface area contributed by atoms with Gasteiger partial charge in [-0.3, -0.25) is 0 Å². The van der Waals surface area contributed by atoms with Crippen molar-refractivity contribution in [1.29, 1.82) is 0 Å². The summed E-state index contributed by atoms with van der Waals surface area (Å²) >= 11 is -2.44. The van der Waals surface area contributed by atoms with Gasteiger partial charge in [-0.1, -0.05) is 0 Å². The molecule has 0 aromatic heterocycles. The molecular weight excluding hydrogens is 478 g/mol. The molecule has 0 amide bonds. The molecule has 0 fully saturated rings. The smallest absolute Gasteiger partial charge is 0.0149 e. The number of benzene rings is 1. The molecule has 0 saturated carbocycles. The van der Waals surface area contributed by atoms with Crippen molar-refractivity contribution in [3.05, 3.63) is 62.0 Å². The zero-order chi connectivity index (χ0) is 18.6. The third-order valence-electron chi connectivity index (χ3n) is 6.08. The van der Waals surface area contributed by atoms with Crippen LogP contribution in [0.3, 0.4) is 0 Å². The molecule has 0 bridgehead atoms. The average Bonchev–Trinajstić information content (AvgIpc) is 3.12. The van der Waals surface area contributed by atoms with E-state index in [1.807, 2.05) is 0 Å². The first-order valence-corrected chi connectivity index (χ1v) is 17.2. The molecule has 1 aromatic rings. The van der Waals surface area contributed by atoms with Crippen LogP contribution in [-0.2, 0) is 25.7 Å². The van der Waals surface area contributed by atoms with Gasteiger partial charge in [0.2, 0.25) is 0 Å². The molecule has 4 heteroatoms. The summed E-state index contributed by atoms with van der Waals surface area (Å²) in [5.74, 6) is 0. The fourth-order valence-corrected chi connectivity index (χ4v) is 12.1. The maximum absolute atomic E-state index is 2.63. The van der Waals surface area contributed by atoms with E-state index < -0.39 is 20.3 Å². The Labute approximate surface area is 194 Å². The second-order valence-electron chi connectivity index (χ2n) is 10.4. The van der Waals surface area contributed by atoms with E-state index in [-0.39, 0.29) is 46.6 Å². The molecule has 2 aliphatic rings. The Morgan fingerprint density at radius 1 is 0.929 bits per heavy atom. The van der Waals surface area contributed by atoms with E-state index >= 15 is 0 Å². The van der Waals surface area contributed by atoms with Crippen LogP contribution in [-0.4, -0.2) is 11.0 Å². The first kappa shape index (κ1) is 28.1. The van der Waals surface area contributed by atoms with Crippen LogP contribution in [0, 0.1) is 5.41 Å². The average molecular weight is 517 g/mol. The quantitative estimate of drug-likeness (QED) is 0.490. The summed E-state index contributed by atoms with van der Waals surface area (Å²) in [6.45, 7) is 14.0. The Balaban J connectivity index is 0.00000243. The van der Waals surface area contributed by atoms with Crippen LogP contribution in [0.15, 0.2) is 45.3 Å². The van der Waals surface area contributed by atoms with Crippen molar-refractivity contribution in [2.24, 2.45) is 5.41 Å². The van der Waals surface area contributed by atoms with Crippen molar-refractivity contribution in [2.45, 2.75) is 66.3 Å². The largest absolute Gasteiger partial charge is 1.00 e. The molecule has 0 heterocycles. The fraction of sp³-hybridized carbons (Fsp3) is 0.500. The van der Waals surface area contributed by atoms with Crippen LogP contribution in [0.1, 0.15) is 68.3 Å². The van der Waals surface area contributed by atoms with Crippen LogP contribution in [0.5, 0.6) is 0 Å². The maximum atomic E-state index is 2.63. The summed E-state index contributed by atoms with van der Waals surface area (Å²) in [6, 6.07) is 6.99. The van der Waals surface area contributed by atoms with Gasteiger partial charge in [-0.25, -0.2) is 0 Å². The summed E-state index contributed by atoms with van der Waals surface area (Å²) in [7, 11) is 0. The van der Waals surface area contributed by atoms with Crippen molar-refractivity contribution in [1.82, 2.24) is 0 Å². The molecule has 1 unspecified atom stereocenters. The predicted molar refractivity (Wildman–Crippen MR) is 120 cm³/mol. The van der Waals surface area contributed by atoms with Gasteiger partial charge in [0.1, 0.15) is 0 Å². The molecule has 0 radical (unpaired) electrons. The first-order chi connectivity index (χ1) is 11.4. The van der Waals surface area contributed by atoms with E-state index in [0.29, 0.717) is 3.63 Å². The predicted octanol–water partition coefficient (Wildman–Crippen LogP) is 0.119. The molecule has 156 valence electrons. The van der Waals surface area contributed by atoms with E-state index in [1.54, 1.807) is 8.84 Å². The molecule has 0 saturated heterocycles. The topological polar surface area (TPSA) is 0 Å². The second-order valence-corrected chi connectivity index (χ2v) is 22.0. The maximum Gasteiger partial charge on any atom is -0.0149 e. The molecule has 2 aliphatic carbocycles. The van der Waals surface area contributed by atoms with Gasteiger partial charge < -0.3 is 24.8 Å². The van der Waals surface area contributed by atoms with Gasteiger partial charge in [-0.05, 0) is 11.0 Å². The van der Waals surface area contributed by atoms with E-state index in [9.17, 15) is 0 Å². The molecule has 0 nitrogen and oxygen atoms in total. The van der Waals surface area contributed by atoms with E-state index in [4.69, 9.17) is 0 Å². The minimum atomic E-state index is -2.44. The summed E-state index contributed by atoms with van der Waals surface area (Å²) in [4.78, 5) is 0. The van der Waals surface area contributed by atoms with Gasteiger partial charge in [0.25, 0.3) is 0 Å². The second kappa shape index (κ2) is 9.51. The van der Waals surface area contributed by atoms with Gasteiger partial charge in [-0.15, -0.1) is 0 Å². The number of fused-ring (bicyclic) bond motifs is 1. The van der Waals surface area contributed by atoms with Gasteiger partial charge in [0.05, 0.1) is 0 Å². The van der Waals surface area contributed by atoms with Crippen molar-refractivity contribution in [2.75, 3.05) is 0 Å². The summed E-state index contributed by atoms with van der Waals surface area (Å²) in [5.41, 5.74) is 6.62. The Morgan fingerprint density at radius 2 is 1.54 bits per heavy atom. The Bertz CT molecular complexity index is 790. The van der Waals surface area contributed by atoms with E-state index in [1.165, 1.54) is 23.1 Å². The minimum absolute atomic E-state index is 0. The van der Waals surface area contributed by atoms with Gasteiger partial charge in [-0.2, -0.15) is 0 Å². The van der Waals surface area contributed by atoms with Crippen LogP contribution >= 0.6 is 0 Å². The van der Waals surface area contributed by atoms with Crippen molar-refractivity contribution >= 4 is 17.0 Å². The van der Waals surface area contributed by atoms with Crippen LogP contribution < -0.4 is 24.8 Å². The molecule has 0 spiro atoms. The van der Waals surface area contributed by atoms with Crippen molar-refractivity contribution < 1.29 is 45.1 Å². The molecule has 3 rings (SSSR count). The van der Waals surface area contributed by atoms with Crippen molar-refractivity contribution in [3.8, 4) is 0 Å². The SMILES string of the molecule is CC(C)(C)C1=CC[C]([Zr+2]([CH3])([CH3])[CH]2C=Cc3c2cccc3C(C)(C)C)=C1.[Cl-].[Cl-].[SiH4]. The molecule has 0 aliphatic heterocycles. The number of hydrogen-bond acceptors (Lipinski definition) is 0.